The van der Waals surface area contributed by atoms with Crippen molar-refractivity contribution in [3.63, 3.8) is 0 Å². The molecular formula is C9H11ClN2O2. The lowest BCUT2D eigenvalue weighted by Crippen LogP contribution is -2.30. The number of carbonyl (C=O) groups excluding carboxylic acids is 1. The molecule has 0 aromatic carbocycles. The normalized spacial score (nSPS) is 12.2. The minimum Gasteiger partial charge on any atom is -0.392 e. The first kappa shape index (κ1) is 10.9. The monoisotopic (exact) mass is 214 g/mol. The van der Waals surface area contributed by atoms with Crippen LogP contribution >= 0.6 is 11.6 Å². The topological polar surface area (TPSA) is 62.2 Å². The van der Waals surface area contributed by atoms with Crippen molar-refractivity contribution in [1.29, 1.82) is 0 Å². The molecule has 0 radical (unpaired) electrons. The summed E-state index contributed by atoms with van der Waals surface area (Å²) in [5.74, 6) is -0.268. The zero-order valence-corrected chi connectivity index (χ0v) is 8.45. The Hall–Kier alpha value is -1.13. The number of amides is 1. The number of nitrogens with zero attached hydrogens (tertiary/aromatic N) is 1. The lowest BCUT2D eigenvalue weighted by atomic mass is 10.2. The van der Waals surface area contributed by atoms with Crippen LogP contribution in [0.25, 0.3) is 0 Å². The SMILES string of the molecule is C[C@H](O)CNC(=O)c1ccc(Cl)nc1. The van der Waals surface area contributed by atoms with Crippen molar-refractivity contribution in [2.24, 2.45) is 0 Å². The van der Waals surface area contributed by atoms with Gasteiger partial charge in [0.15, 0.2) is 0 Å². The molecule has 0 spiro atoms. The summed E-state index contributed by atoms with van der Waals surface area (Å²) in [6, 6.07) is 3.12. The molecule has 0 bridgehead atoms. The molecule has 5 heteroatoms. The number of aromatic nitrogens is 1. The lowest BCUT2D eigenvalue weighted by Gasteiger charge is -2.06. The van der Waals surface area contributed by atoms with Gasteiger partial charge in [0.1, 0.15) is 5.15 Å². The Morgan fingerprint density at radius 1 is 1.71 bits per heavy atom. The summed E-state index contributed by atoms with van der Waals surface area (Å²) >= 11 is 5.56. The average molecular weight is 215 g/mol. The quantitative estimate of drug-likeness (QED) is 0.734. The molecule has 1 rings (SSSR count). The molecule has 0 aliphatic rings. The zero-order chi connectivity index (χ0) is 10.6. The van der Waals surface area contributed by atoms with Gasteiger partial charge < -0.3 is 10.4 Å². The number of pyridine rings is 1. The second-order valence-corrected chi connectivity index (χ2v) is 3.32. The molecular weight excluding hydrogens is 204 g/mol. The molecule has 0 saturated carbocycles. The van der Waals surface area contributed by atoms with Gasteiger partial charge in [0.2, 0.25) is 0 Å². The van der Waals surface area contributed by atoms with Crippen LogP contribution in [0, 0.1) is 0 Å². The van der Waals surface area contributed by atoms with Crippen LogP contribution < -0.4 is 5.32 Å². The van der Waals surface area contributed by atoms with Crippen LogP contribution in [-0.4, -0.2) is 28.6 Å². The summed E-state index contributed by atoms with van der Waals surface area (Å²) in [6.45, 7) is 1.82. The van der Waals surface area contributed by atoms with Crippen molar-refractivity contribution in [1.82, 2.24) is 10.3 Å². The van der Waals surface area contributed by atoms with Crippen LogP contribution in [0.2, 0.25) is 5.15 Å². The van der Waals surface area contributed by atoms with Crippen molar-refractivity contribution in [3.8, 4) is 0 Å². The van der Waals surface area contributed by atoms with Crippen LogP contribution in [0.4, 0.5) is 0 Å². The van der Waals surface area contributed by atoms with Crippen LogP contribution in [0.5, 0.6) is 0 Å². The van der Waals surface area contributed by atoms with E-state index < -0.39 is 6.10 Å². The molecule has 0 saturated heterocycles. The van der Waals surface area contributed by atoms with E-state index in [4.69, 9.17) is 16.7 Å². The predicted molar refractivity (Wildman–Crippen MR) is 53.3 cm³/mol. The maximum atomic E-state index is 11.4. The van der Waals surface area contributed by atoms with Gasteiger partial charge in [0.05, 0.1) is 11.7 Å². The van der Waals surface area contributed by atoms with Gasteiger partial charge in [-0.2, -0.15) is 0 Å². The molecule has 0 aliphatic heterocycles. The first-order valence-electron chi connectivity index (χ1n) is 4.17. The lowest BCUT2D eigenvalue weighted by molar-refractivity contribution is 0.0923. The van der Waals surface area contributed by atoms with E-state index in [1.807, 2.05) is 0 Å². The Kier molecular flexibility index (Phi) is 3.85. The molecule has 4 nitrogen and oxygen atoms in total. The summed E-state index contributed by atoms with van der Waals surface area (Å²) in [4.78, 5) is 15.1. The molecule has 1 heterocycles. The minimum atomic E-state index is -0.556. The predicted octanol–water partition coefficient (Wildman–Crippen LogP) is 0.846. The van der Waals surface area contributed by atoms with Crippen molar-refractivity contribution in [2.45, 2.75) is 13.0 Å². The molecule has 1 aromatic heterocycles. The number of aliphatic hydroxyl groups excluding tert-OH is 1. The molecule has 0 fully saturated rings. The summed E-state index contributed by atoms with van der Waals surface area (Å²) in [5, 5.41) is 11.8. The second kappa shape index (κ2) is 4.93. The summed E-state index contributed by atoms with van der Waals surface area (Å²) in [6.07, 6.45) is 0.832. The number of rotatable bonds is 3. The largest absolute Gasteiger partial charge is 0.392 e. The number of aliphatic hydroxyl groups is 1. The van der Waals surface area contributed by atoms with Crippen molar-refractivity contribution in [2.75, 3.05) is 6.54 Å². The van der Waals surface area contributed by atoms with E-state index in [2.05, 4.69) is 10.3 Å². The maximum absolute atomic E-state index is 11.4. The van der Waals surface area contributed by atoms with Gasteiger partial charge in [0, 0.05) is 12.7 Å². The van der Waals surface area contributed by atoms with Crippen molar-refractivity contribution >= 4 is 17.5 Å². The molecule has 0 aliphatic carbocycles. The first-order chi connectivity index (χ1) is 6.59. The fourth-order valence-corrected chi connectivity index (χ4v) is 0.964. The number of hydrogen-bond acceptors (Lipinski definition) is 3. The highest BCUT2D eigenvalue weighted by atomic mass is 35.5. The van der Waals surface area contributed by atoms with Gasteiger partial charge in [-0.05, 0) is 19.1 Å². The van der Waals surface area contributed by atoms with Gasteiger partial charge in [-0.15, -0.1) is 0 Å². The zero-order valence-electron chi connectivity index (χ0n) is 7.70. The fraction of sp³-hybridized carbons (Fsp3) is 0.333. The molecule has 1 aromatic rings. The number of carbonyl (C=O) groups is 1. The van der Waals surface area contributed by atoms with E-state index in [1.54, 1.807) is 19.1 Å². The van der Waals surface area contributed by atoms with E-state index in [1.165, 1.54) is 6.20 Å². The molecule has 1 atom stereocenters. The van der Waals surface area contributed by atoms with E-state index in [9.17, 15) is 4.79 Å². The third-order valence-electron chi connectivity index (χ3n) is 1.55. The Balaban J connectivity index is 2.57. The summed E-state index contributed by atoms with van der Waals surface area (Å²) < 4.78 is 0. The molecule has 0 unspecified atom stereocenters. The van der Waals surface area contributed by atoms with Crippen molar-refractivity contribution in [3.05, 3.63) is 29.0 Å². The average Bonchev–Trinajstić information content (AvgIpc) is 2.15. The van der Waals surface area contributed by atoms with E-state index in [0.717, 1.165) is 0 Å². The minimum absolute atomic E-state index is 0.224. The van der Waals surface area contributed by atoms with Crippen LogP contribution in [-0.2, 0) is 0 Å². The van der Waals surface area contributed by atoms with E-state index >= 15 is 0 Å². The van der Waals surface area contributed by atoms with Gasteiger partial charge in [0.25, 0.3) is 5.91 Å². The Labute approximate surface area is 86.9 Å². The third-order valence-corrected chi connectivity index (χ3v) is 1.77. The maximum Gasteiger partial charge on any atom is 0.252 e. The van der Waals surface area contributed by atoms with Gasteiger partial charge in [-0.1, -0.05) is 11.6 Å². The smallest absolute Gasteiger partial charge is 0.252 e. The van der Waals surface area contributed by atoms with Crippen LogP contribution in [0.3, 0.4) is 0 Å². The van der Waals surface area contributed by atoms with Gasteiger partial charge in [-0.25, -0.2) is 4.98 Å². The highest BCUT2D eigenvalue weighted by Crippen LogP contribution is 2.04. The molecule has 1 amide bonds. The number of halogens is 1. The summed E-state index contributed by atoms with van der Waals surface area (Å²) in [7, 11) is 0. The highest BCUT2D eigenvalue weighted by molar-refractivity contribution is 6.29. The standard InChI is InChI=1S/C9H11ClN2O2/c1-6(13)4-12-9(14)7-2-3-8(10)11-5-7/h2-3,5-6,13H,4H2,1H3,(H,12,14)/t6-/m0/s1. The summed E-state index contributed by atoms with van der Waals surface area (Å²) in [5.41, 5.74) is 0.426. The Bertz CT molecular complexity index is 311. The van der Waals surface area contributed by atoms with E-state index in [0.29, 0.717) is 10.7 Å². The fourth-order valence-electron chi connectivity index (χ4n) is 0.853. The number of hydrogen-bond donors (Lipinski definition) is 2. The third kappa shape index (κ3) is 3.32. The Morgan fingerprint density at radius 2 is 2.43 bits per heavy atom. The molecule has 2 N–H and O–H groups in total. The van der Waals surface area contributed by atoms with Gasteiger partial charge >= 0.3 is 0 Å². The number of nitrogens with one attached hydrogen (secondary N) is 1. The van der Waals surface area contributed by atoms with Crippen molar-refractivity contribution < 1.29 is 9.90 Å². The second-order valence-electron chi connectivity index (χ2n) is 2.93. The molecule has 76 valence electrons. The molecule has 14 heavy (non-hydrogen) atoms. The first-order valence-corrected chi connectivity index (χ1v) is 4.55. The van der Waals surface area contributed by atoms with Crippen LogP contribution in [0.15, 0.2) is 18.3 Å². The van der Waals surface area contributed by atoms with Crippen LogP contribution in [0.1, 0.15) is 17.3 Å². The highest BCUT2D eigenvalue weighted by Gasteiger charge is 2.06. The Morgan fingerprint density at radius 3 is 2.93 bits per heavy atom. The van der Waals surface area contributed by atoms with E-state index in [-0.39, 0.29) is 12.5 Å². The van der Waals surface area contributed by atoms with Gasteiger partial charge in [-0.3, -0.25) is 4.79 Å².